The van der Waals surface area contributed by atoms with Crippen LogP contribution in [0.15, 0.2) is 12.2 Å². The van der Waals surface area contributed by atoms with E-state index in [1.54, 1.807) is 0 Å². The third-order valence-electron chi connectivity index (χ3n) is 3.67. The molecule has 0 aromatic carbocycles. The van der Waals surface area contributed by atoms with E-state index in [2.05, 4.69) is 38.2 Å². The summed E-state index contributed by atoms with van der Waals surface area (Å²) in [6.45, 7) is 7.63. The SMILES string of the molecule is CC(C)CCCNC(C)[C@H](O)[C@H]1C=CCCC1. The van der Waals surface area contributed by atoms with Crippen molar-refractivity contribution in [3.8, 4) is 0 Å². The highest BCUT2D eigenvalue weighted by Gasteiger charge is 2.23. The fourth-order valence-electron chi connectivity index (χ4n) is 2.45. The first-order valence-corrected chi connectivity index (χ1v) is 7.19. The molecule has 1 aliphatic rings. The Kier molecular flexibility index (Phi) is 6.83. The Balaban J connectivity index is 2.19. The van der Waals surface area contributed by atoms with E-state index in [0.29, 0.717) is 5.92 Å². The summed E-state index contributed by atoms with van der Waals surface area (Å²) in [6, 6.07) is 0.204. The van der Waals surface area contributed by atoms with Crippen LogP contribution in [0, 0.1) is 11.8 Å². The molecule has 0 spiro atoms. The first-order valence-electron chi connectivity index (χ1n) is 7.19. The van der Waals surface area contributed by atoms with Crippen molar-refractivity contribution in [2.45, 2.75) is 65.0 Å². The molecule has 2 N–H and O–H groups in total. The Labute approximate surface area is 106 Å². The zero-order valence-corrected chi connectivity index (χ0v) is 11.7. The summed E-state index contributed by atoms with van der Waals surface area (Å²) in [6.07, 6.45) is 10.2. The molecule has 1 rings (SSSR count). The molecule has 2 heteroatoms. The van der Waals surface area contributed by atoms with Crippen LogP contribution in [-0.4, -0.2) is 23.8 Å². The van der Waals surface area contributed by atoms with Gasteiger partial charge < -0.3 is 10.4 Å². The van der Waals surface area contributed by atoms with E-state index < -0.39 is 0 Å². The van der Waals surface area contributed by atoms with Crippen molar-refractivity contribution >= 4 is 0 Å². The van der Waals surface area contributed by atoms with Crippen LogP contribution in [0.1, 0.15) is 52.9 Å². The maximum atomic E-state index is 10.2. The lowest BCUT2D eigenvalue weighted by Crippen LogP contribution is -2.42. The van der Waals surface area contributed by atoms with Gasteiger partial charge in [-0.15, -0.1) is 0 Å². The summed E-state index contributed by atoms with van der Waals surface area (Å²) in [4.78, 5) is 0. The molecule has 0 bridgehead atoms. The van der Waals surface area contributed by atoms with Crippen LogP contribution >= 0.6 is 0 Å². The molecule has 17 heavy (non-hydrogen) atoms. The number of aliphatic hydroxyl groups excluding tert-OH is 1. The Bertz CT molecular complexity index is 225. The number of hydrogen-bond acceptors (Lipinski definition) is 2. The first kappa shape index (κ1) is 14.7. The summed E-state index contributed by atoms with van der Waals surface area (Å²) in [7, 11) is 0. The molecule has 1 aliphatic carbocycles. The van der Waals surface area contributed by atoms with Crippen LogP contribution in [0.4, 0.5) is 0 Å². The Morgan fingerprint density at radius 3 is 2.71 bits per heavy atom. The Morgan fingerprint density at radius 1 is 1.35 bits per heavy atom. The highest BCUT2D eigenvalue weighted by Crippen LogP contribution is 2.22. The smallest absolute Gasteiger partial charge is 0.0752 e. The van der Waals surface area contributed by atoms with Crippen LogP contribution in [0.25, 0.3) is 0 Å². The minimum atomic E-state index is -0.231. The van der Waals surface area contributed by atoms with Crippen molar-refractivity contribution in [1.82, 2.24) is 5.32 Å². The molecular weight excluding hydrogens is 210 g/mol. The van der Waals surface area contributed by atoms with Crippen LogP contribution in [0.5, 0.6) is 0 Å². The lowest BCUT2D eigenvalue weighted by atomic mass is 9.88. The normalized spacial score (nSPS) is 23.9. The third-order valence-corrected chi connectivity index (χ3v) is 3.67. The third kappa shape index (κ3) is 5.69. The van der Waals surface area contributed by atoms with E-state index in [-0.39, 0.29) is 12.1 Å². The van der Waals surface area contributed by atoms with Crippen LogP contribution < -0.4 is 5.32 Å². The first-order chi connectivity index (χ1) is 8.11. The highest BCUT2D eigenvalue weighted by atomic mass is 16.3. The summed E-state index contributed by atoms with van der Waals surface area (Å²) < 4.78 is 0. The van der Waals surface area contributed by atoms with E-state index in [1.807, 2.05) is 0 Å². The number of aliphatic hydroxyl groups is 1. The maximum absolute atomic E-state index is 10.2. The molecule has 100 valence electrons. The molecule has 0 fully saturated rings. The second-order valence-electron chi connectivity index (χ2n) is 5.79. The number of rotatable bonds is 7. The van der Waals surface area contributed by atoms with Crippen LogP contribution in [0.3, 0.4) is 0 Å². The minimum absolute atomic E-state index is 0.204. The molecule has 0 heterocycles. The molecule has 3 atom stereocenters. The predicted octanol–water partition coefficient (Wildman–Crippen LogP) is 3.12. The van der Waals surface area contributed by atoms with Gasteiger partial charge in [-0.25, -0.2) is 0 Å². The van der Waals surface area contributed by atoms with Gasteiger partial charge in [0.25, 0.3) is 0 Å². The summed E-state index contributed by atoms with van der Waals surface area (Å²) in [5, 5.41) is 13.7. The summed E-state index contributed by atoms with van der Waals surface area (Å²) in [5.74, 6) is 1.13. The van der Waals surface area contributed by atoms with E-state index in [4.69, 9.17) is 0 Å². The zero-order valence-electron chi connectivity index (χ0n) is 11.7. The number of hydrogen-bond donors (Lipinski definition) is 2. The average Bonchev–Trinajstić information content (AvgIpc) is 2.34. The average molecular weight is 239 g/mol. The maximum Gasteiger partial charge on any atom is 0.0752 e. The molecule has 2 nitrogen and oxygen atoms in total. The lowest BCUT2D eigenvalue weighted by molar-refractivity contribution is 0.0874. The van der Waals surface area contributed by atoms with E-state index >= 15 is 0 Å². The molecular formula is C15H29NO. The zero-order chi connectivity index (χ0) is 12.7. The van der Waals surface area contributed by atoms with Crippen LogP contribution in [0.2, 0.25) is 0 Å². The minimum Gasteiger partial charge on any atom is -0.391 e. The van der Waals surface area contributed by atoms with Gasteiger partial charge >= 0.3 is 0 Å². The van der Waals surface area contributed by atoms with Crippen LogP contribution in [-0.2, 0) is 0 Å². The van der Waals surface area contributed by atoms with Gasteiger partial charge in [0, 0.05) is 12.0 Å². The Morgan fingerprint density at radius 2 is 2.12 bits per heavy atom. The van der Waals surface area contributed by atoms with Crippen molar-refractivity contribution < 1.29 is 5.11 Å². The van der Waals surface area contributed by atoms with Crippen molar-refractivity contribution in [3.05, 3.63) is 12.2 Å². The molecule has 0 radical (unpaired) electrons. The second kappa shape index (κ2) is 7.88. The summed E-state index contributed by atoms with van der Waals surface area (Å²) in [5.41, 5.74) is 0. The van der Waals surface area contributed by atoms with E-state index in [9.17, 15) is 5.11 Å². The number of allylic oxidation sites excluding steroid dienone is 1. The van der Waals surface area contributed by atoms with Gasteiger partial charge in [-0.05, 0) is 51.5 Å². The molecule has 0 saturated heterocycles. The topological polar surface area (TPSA) is 32.3 Å². The lowest BCUT2D eigenvalue weighted by Gasteiger charge is -2.28. The van der Waals surface area contributed by atoms with Gasteiger partial charge in [0.05, 0.1) is 6.10 Å². The van der Waals surface area contributed by atoms with Gasteiger partial charge in [-0.1, -0.05) is 26.0 Å². The summed E-state index contributed by atoms with van der Waals surface area (Å²) >= 11 is 0. The monoisotopic (exact) mass is 239 g/mol. The quantitative estimate of drug-likeness (QED) is 0.528. The van der Waals surface area contributed by atoms with Crippen molar-refractivity contribution in [3.63, 3.8) is 0 Å². The fraction of sp³-hybridized carbons (Fsp3) is 0.867. The van der Waals surface area contributed by atoms with Crippen molar-refractivity contribution in [1.29, 1.82) is 0 Å². The second-order valence-corrected chi connectivity index (χ2v) is 5.79. The molecule has 1 unspecified atom stereocenters. The van der Waals surface area contributed by atoms with Gasteiger partial charge in [-0.3, -0.25) is 0 Å². The van der Waals surface area contributed by atoms with Gasteiger partial charge in [-0.2, -0.15) is 0 Å². The largest absolute Gasteiger partial charge is 0.391 e. The molecule has 0 aliphatic heterocycles. The van der Waals surface area contributed by atoms with E-state index in [1.165, 1.54) is 25.7 Å². The molecule has 0 aromatic heterocycles. The fourth-order valence-corrected chi connectivity index (χ4v) is 2.45. The highest BCUT2D eigenvalue weighted by molar-refractivity contribution is 4.98. The predicted molar refractivity (Wildman–Crippen MR) is 74.0 cm³/mol. The molecule has 0 amide bonds. The van der Waals surface area contributed by atoms with Gasteiger partial charge in [0.1, 0.15) is 0 Å². The van der Waals surface area contributed by atoms with Crippen molar-refractivity contribution in [2.75, 3.05) is 6.54 Å². The van der Waals surface area contributed by atoms with Crippen molar-refractivity contribution in [2.24, 2.45) is 11.8 Å². The Hall–Kier alpha value is -0.340. The van der Waals surface area contributed by atoms with E-state index in [0.717, 1.165) is 18.9 Å². The standard InChI is InChI=1S/C15H29NO/c1-12(2)8-7-11-16-13(3)15(17)14-9-5-4-6-10-14/h5,9,12-17H,4,6-8,10-11H2,1-3H3/t13?,14-,15-/m0/s1. The molecule has 0 saturated carbocycles. The number of nitrogens with one attached hydrogen (secondary N) is 1. The molecule has 0 aromatic rings. The van der Waals surface area contributed by atoms with Gasteiger partial charge in [0.15, 0.2) is 0 Å². The van der Waals surface area contributed by atoms with Gasteiger partial charge in [0.2, 0.25) is 0 Å².